The third kappa shape index (κ3) is 4.15. The summed E-state index contributed by atoms with van der Waals surface area (Å²) in [6.45, 7) is 4.95. The number of hydrogen-bond acceptors (Lipinski definition) is 4. The number of nitrogens with one attached hydrogen (secondary N) is 2. The molecule has 6 nitrogen and oxygen atoms in total. The fourth-order valence-electron chi connectivity index (χ4n) is 2.92. The van der Waals surface area contributed by atoms with Crippen molar-refractivity contribution in [1.29, 1.82) is 0 Å². The van der Waals surface area contributed by atoms with E-state index in [9.17, 15) is 14.4 Å². The van der Waals surface area contributed by atoms with Crippen LogP contribution in [0.5, 0.6) is 0 Å². The van der Waals surface area contributed by atoms with Crippen LogP contribution < -0.4 is 5.32 Å². The van der Waals surface area contributed by atoms with Gasteiger partial charge in [-0.05, 0) is 31.9 Å². The van der Waals surface area contributed by atoms with Gasteiger partial charge in [-0.3, -0.25) is 14.4 Å². The highest BCUT2D eigenvalue weighted by molar-refractivity contribution is 6.02. The van der Waals surface area contributed by atoms with Gasteiger partial charge < -0.3 is 15.0 Å². The fourth-order valence-corrected chi connectivity index (χ4v) is 2.92. The van der Waals surface area contributed by atoms with Crippen LogP contribution in [0.2, 0.25) is 0 Å². The predicted octanol–water partition coefficient (Wildman–Crippen LogP) is 2.87. The highest BCUT2D eigenvalue weighted by atomic mass is 16.5. The largest absolute Gasteiger partial charge is 0.469 e. The molecular formula is C19H22N2O4. The predicted molar refractivity (Wildman–Crippen MR) is 93.6 cm³/mol. The molecule has 0 aliphatic rings. The van der Waals surface area contributed by atoms with Crippen molar-refractivity contribution in [3.63, 3.8) is 0 Å². The lowest BCUT2D eigenvalue weighted by Crippen LogP contribution is -2.31. The zero-order chi connectivity index (χ0) is 18.6. The number of aromatic nitrogens is 1. The lowest BCUT2D eigenvalue weighted by molar-refractivity contribution is -0.141. The smallest absolute Gasteiger partial charge is 0.307 e. The molecule has 25 heavy (non-hydrogen) atoms. The van der Waals surface area contributed by atoms with Crippen molar-refractivity contribution < 1.29 is 19.1 Å². The molecule has 1 aromatic heterocycles. The van der Waals surface area contributed by atoms with Crippen molar-refractivity contribution in [1.82, 2.24) is 10.3 Å². The number of benzene rings is 1. The first kappa shape index (κ1) is 18.4. The third-order valence-electron chi connectivity index (χ3n) is 4.12. The molecule has 0 aliphatic carbocycles. The minimum Gasteiger partial charge on any atom is -0.469 e. The number of hydrogen-bond donors (Lipinski definition) is 2. The number of ether oxygens (including phenoxy) is 1. The Kier molecular flexibility index (Phi) is 5.75. The molecular weight excluding hydrogens is 320 g/mol. The van der Waals surface area contributed by atoms with Gasteiger partial charge in [-0.2, -0.15) is 0 Å². The van der Waals surface area contributed by atoms with Crippen LogP contribution in [-0.4, -0.2) is 29.8 Å². The minimum absolute atomic E-state index is 0.0184. The van der Waals surface area contributed by atoms with Gasteiger partial charge in [0.25, 0.3) is 5.91 Å². The number of methoxy groups -OCH3 is 1. The van der Waals surface area contributed by atoms with Gasteiger partial charge >= 0.3 is 5.97 Å². The van der Waals surface area contributed by atoms with Gasteiger partial charge in [0.15, 0.2) is 5.78 Å². The van der Waals surface area contributed by atoms with E-state index in [0.29, 0.717) is 22.5 Å². The zero-order valence-corrected chi connectivity index (χ0v) is 14.8. The lowest BCUT2D eigenvalue weighted by Gasteiger charge is -2.18. The molecule has 0 radical (unpaired) electrons. The number of esters is 1. The van der Waals surface area contributed by atoms with E-state index < -0.39 is 12.0 Å². The number of carbonyl (C=O) groups is 3. The topological polar surface area (TPSA) is 88.3 Å². The Bertz CT molecular complexity index is 793. The second-order valence-electron chi connectivity index (χ2n) is 5.90. The second kappa shape index (κ2) is 7.79. The molecule has 1 aromatic carbocycles. The summed E-state index contributed by atoms with van der Waals surface area (Å²) in [6, 6.07) is 8.68. The minimum atomic E-state index is -0.523. The monoisotopic (exact) mass is 342 g/mol. The maximum atomic E-state index is 12.7. The summed E-state index contributed by atoms with van der Waals surface area (Å²) in [6.07, 6.45) is 0.0184. The molecule has 6 heteroatoms. The summed E-state index contributed by atoms with van der Waals surface area (Å²) >= 11 is 0. The van der Waals surface area contributed by atoms with Crippen LogP contribution in [0.15, 0.2) is 30.3 Å². The number of ketones is 1. The molecule has 1 heterocycles. The van der Waals surface area contributed by atoms with E-state index in [2.05, 4.69) is 10.3 Å². The Morgan fingerprint density at radius 3 is 2.32 bits per heavy atom. The number of carbonyl (C=O) groups excluding carboxylic acids is 3. The number of Topliss-reactive ketones (excluding diaryl/α,β-unsaturated/α-hetero) is 1. The van der Waals surface area contributed by atoms with Crippen LogP contribution in [0, 0.1) is 13.8 Å². The Labute approximate surface area is 146 Å². The highest BCUT2D eigenvalue weighted by Gasteiger charge is 2.24. The second-order valence-corrected chi connectivity index (χ2v) is 5.90. The van der Waals surface area contributed by atoms with Crippen LogP contribution in [0.4, 0.5) is 0 Å². The number of aryl methyl sites for hydroxylation is 1. The number of rotatable bonds is 6. The van der Waals surface area contributed by atoms with Crippen LogP contribution >= 0.6 is 0 Å². The zero-order valence-electron chi connectivity index (χ0n) is 14.8. The van der Waals surface area contributed by atoms with E-state index in [1.807, 2.05) is 30.3 Å². The highest BCUT2D eigenvalue weighted by Crippen LogP contribution is 2.21. The Balaban J connectivity index is 2.30. The SMILES string of the molecule is COC(=O)C[C@H](NC(=O)c1[nH]c(C)c(C(C)=O)c1C)c1ccccc1. The van der Waals surface area contributed by atoms with E-state index in [0.717, 1.165) is 5.56 Å². The van der Waals surface area contributed by atoms with Crippen molar-refractivity contribution in [2.24, 2.45) is 0 Å². The molecule has 1 atom stereocenters. The van der Waals surface area contributed by atoms with Crippen molar-refractivity contribution >= 4 is 17.7 Å². The molecule has 2 aromatic rings. The Morgan fingerprint density at radius 1 is 1.16 bits per heavy atom. The maximum absolute atomic E-state index is 12.7. The third-order valence-corrected chi connectivity index (χ3v) is 4.12. The van der Waals surface area contributed by atoms with Crippen LogP contribution in [0.25, 0.3) is 0 Å². The van der Waals surface area contributed by atoms with E-state index in [4.69, 9.17) is 4.74 Å². The summed E-state index contributed by atoms with van der Waals surface area (Å²) in [5.41, 5.74) is 2.91. The standard InChI is InChI=1S/C19H22N2O4/c1-11-17(13(3)22)12(2)20-18(11)19(24)21-15(10-16(23)25-4)14-8-6-5-7-9-14/h5-9,15,20H,10H2,1-4H3,(H,21,24)/t15-/m0/s1. The Hall–Kier alpha value is -2.89. The molecule has 2 rings (SSSR count). The van der Waals surface area contributed by atoms with Gasteiger partial charge in [-0.25, -0.2) is 0 Å². The lowest BCUT2D eigenvalue weighted by atomic mass is 10.0. The van der Waals surface area contributed by atoms with Crippen LogP contribution in [0.3, 0.4) is 0 Å². The van der Waals surface area contributed by atoms with Gasteiger partial charge in [0.1, 0.15) is 5.69 Å². The first-order valence-corrected chi connectivity index (χ1v) is 7.97. The molecule has 0 unspecified atom stereocenters. The van der Waals surface area contributed by atoms with E-state index in [1.54, 1.807) is 13.8 Å². The summed E-state index contributed by atoms with van der Waals surface area (Å²) in [5.74, 6) is -0.886. The fraction of sp³-hybridized carbons (Fsp3) is 0.316. The van der Waals surface area contributed by atoms with Gasteiger partial charge in [-0.1, -0.05) is 30.3 Å². The molecule has 0 fully saturated rings. The van der Waals surface area contributed by atoms with Gasteiger partial charge in [-0.15, -0.1) is 0 Å². The Morgan fingerprint density at radius 2 is 1.80 bits per heavy atom. The van der Waals surface area contributed by atoms with Crippen molar-refractivity contribution in [3.05, 3.63) is 58.4 Å². The normalized spacial score (nSPS) is 11.7. The maximum Gasteiger partial charge on any atom is 0.307 e. The van der Waals surface area contributed by atoms with E-state index >= 15 is 0 Å². The summed E-state index contributed by atoms with van der Waals surface area (Å²) in [7, 11) is 1.31. The number of H-pyrrole nitrogens is 1. The number of aromatic amines is 1. The van der Waals surface area contributed by atoms with Crippen LogP contribution in [0.1, 0.15) is 57.1 Å². The van der Waals surface area contributed by atoms with E-state index in [1.165, 1.54) is 14.0 Å². The number of amides is 1. The quantitative estimate of drug-likeness (QED) is 0.624. The molecule has 0 saturated carbocycles. The van der Waals surface area contributed by atoms with Crippen molar-refractivity contribution in [2.45, 2.75) is 33.2 Å². The van der Waals surface area contributed by atoms with E-state index in [-0.39, 0.29) is 18.1 Å². The van der Waals surface area contributed by atoms with Crippen molar-refractivity contribution in [2.75, 3.05) is 7.11 Å². The van der Waals surface area contributed by atoms with Crippen LogP contribution in [-0.2, 0) is 9.53 Å². The van der Waals surface area contributed by atoms with Gasteiger partial charge in [0.2, 0.25) is 0 Å². The molecule has 2 N–H and O–H groups in total. The summed E-state index contributed by atoms with van der Waals surface area (Å²) in [4.78, 5) is 39.1. The first-order chi connectivity index (χ1) is 11.8. The molecule has 132 valence electrons. The summed E-state index contributed by atoms with van der Waals surface area (Å²) in [5, 5.41) is 2.85. The molecule has 0 aliphatic heterocycles. The first-order valence-electron chi connectivity index (χ1n) is 7.97. The molecule has 1 amide bonds. The molecule has 0 bridgehead atoms. The van der Waals surface area contributed by atoms with Gasteiger partial charge in [0, 0.05) is 11.3 Å². The summed E-state index contributed by atoms with van der Waals surface area (Å²) < 4.78 is 4.73. The molecule has 0 spiro atoms. The average molecular weight is 342 g/mol. The average Bonchev–Trinajstić information content (AvgIpc) is 2.89. The van der Waals surface area contributed by atoms with Gasteiger partial charge in [0.05, 0.1) is 19.6 Å². The molecule has 0 saturated heterocycles. The van der Waals surface area contributed by atoms with Crippen molar-refractivity contribution in [3.8, 4) is 0 Å².